The third kappa shape index (κ3) is 3.34. The summed E-state index contributed by atoms with van der Waals surface area (Å²) in [6, 6.07) is 13.7. The first-order valence-electron chi connectivity index (χ1n) is 6.71. The summed E-state index contributed by atoms with van der Waals surface area (Å²) >= 11 is 0. The van der Waals surface area contributed by atoms with Crippen LogP contribution < -0.4 is 5.32 Å². The van der Waals surface area contributed by atoms with E-state index in [0.29, 0.717) is 5.69 Å². The molecular weight excluding hydrogens is 237 g/mol. The molecule has 0 aliphatic rings. The minimum absolute atomic E-state index is 0.0854. The highest BCUT2D eigenvalue weighted by Gasteiger charge is 2.08. The van der Waals surface area contributed by atoms with Crippen LogP contribution in [-0.2, 0) is 6.42 Å². The van der Waals surface area contributed by atoms with Gasteiger partial charge in [-0.05, 0) is 49.1 Å². The lowest BCUT2D eigenvalue weighted by atomic mass is 10.0. The number of rotatable bonds is 4. The maximum atomic E-state index is 13.7. The number of nitrogens with one attached hydrogen (secondary N) is 1. The van der Waals surface area contributed by atoms with E-state index in [0.717, 1.165) is 17.5 Å². The molecular formula is C17H20FN. The maximum Gasteiger partial charge on any atom is 0.146 e. The van der Waals surface area contributed by atoms with Crippen LogP contribution in [0.3, 0.4) is 0 Å². The Morgan fingerprint density at radius 2 is 1.79 bits per heavy atom. The van der Waals surface area contributed by atoms with E-state index in [4.69, 9.17) is 0 Å². The van der Waals surface area contributed by atoms with Gasteiger partial charge in [0.2, 0.25) is 0 Å². The summed E-state index contributed by atoms with van der Waals surface area (Å²) in [5.41, 5.74) is 4.10. The quantitative estimate of drug-likeness (QED) is 0.824. The average Bonchev–Trinajstić information content (AvgIpc) is 2.43. The van der Waals surface area contributed by atoms with Crippen LogP contribution in [0, 0.1) is 12.7 Å². The summed E-state index contributed by atoms with van der Waals surface area (Å²) in [4.78, 5) is 0. The van der Waals surface area contributed by atoms with E-state index < -0.39 is 0 Å². The minimum atomic E-state index is -0.206. The standard InChI is InChI=1S/C17H20FN/c1-4-14-6-8-15(9-7-14)13(3)19-17-11-12(2)5-10-16(17)18/h5-11,13,19H,4H2,1-3H3. The van der Waals surface area contributed by atoms with Crippen molar-refractivity contribution in [2.45, 2.75) is 33.2 Å². The molecule has 0 heterocycles. The fourth-order valence-electron chi connectivity index (χ4n) is 2.11. The minimum Gasteiger partial charge on any atom is -0.376 e. The number of hydrogen-bond acceptors (Lipinski definition) is 1. The van der Waals surface area contributed by atoms with Gasteiger partial charge in [-0.1, -0.05) is 37.3 Å². The maximum absolute atomic E-state index is 13.7. The molecule has 0 spiro atoms. The van der Waals surface area contributed by atoms with Crippen molar-refractivity contribution in [3.05, 3.63) is 65.0 Å². The van der Waals surface area contributed by atoms with Gasteiger partial charge in [0.25, 0.3) is 0 Å². The zero-order valence-electron chi connectivity index (χ0n) is 11.7. The number of aryl methyl sites for hydroxylation is 2. The Balaban J connectivity index is 2.15. The molecule has 2 aromatic rings. The molecule has 0 amide bonds. The molecule has 0 saturated heterocycles. The van der Waals surface area contributed by atoms with Crippen molar-refractivity contribution in [3.8, 4) is 0 Å². The average molecular weight is 257 g/mol. The summed E-state index contributed by atoms with van der Waals surface area (Å²) in [6.07, 6.45) is 1.04. The Morgan fingerprint density at radius 3 is 2.42 bits per heavy atom. The van der Waals surface area contributed by atoms with Gasteiger partial charge in [0.15, 0.2) is 0 Å². The van der Waals surface area contributed by atoms with E-state index in [-0.39, 0.29) is 11.9 Å². The second-order valence-electron chi connectivity index (χ2n) is 4.94. The largest absolute Gasteiger partial charge is 0.376 e. The molecule has 2 rings (SSSR count). The van der Waals surface area contributed by atoms with Crippen molar-refractivity contribution in [2.75, 3.05) is 5.32 Å². The molecule has 1 unspecified atom stereocenters. The van der Waals surface area contributed by atoms with Crippen molar-refractivity contribution in [3.63, 3.8) is 0 Å². The molecule has 19 heavy (non-hydrogen) atoms. The molecule has 0 bridgehead atoms. The predicted molar refractivity (Wildman–Crippen MR) is 79.0 cm³/mol. The zero-order valence-corrected chi connectivity index (χ0v) is 11.7. The topological polar surface area (TPSA) is 12.0 Å². The lowest BCUT2D eigenvalue weighted by Gasteiger charge is -2.17. The van der Waals surface area contributed by atoms with E-state index in [1.54, 1.807) is 6.07 Å². The molecule has 0 aliphatic heterocycles. The van der Waals surface area contributed by atoms with Crippen LogP contribution in [0.2, 0.25) is 0 Å². The van der Waals surface area contributed by atoms with Gasteiger partial charge >= 0.3 is 0 Å². The van der Waals surface area contributed by atoms with E-state index in [1.165, 1.54) is 11.6 Å². The van der Waals surface area contributed by atoms with Crippen molar-refractivity contribution in [2.24, 2.45) is 0 Å². The van der Waals surface area contributed by atoms with E-state index in [9.17, 15) is 4.39 Å². The fraction of sp³-hybridized carbons (Fsp3) is 0.294. The SMILES string of the molecule is CCc1ccc(C(C)Nc2cc(C)ccc2F)cc1. The third-order valence-corrected chi connectivity index (χ3v) is 3.38. The Kier molecular flexibility index (Phi) is 4.20. The van der Waals surface area contributed by atoms with Gasteiger partial charge in [0, 0.05) is 6.04 Å². The molecule has 0 aliphatic carbocycles. The number of anilines is 1. The van der Waals surface area contributed by atoms with Crippen LogP contribution in [0.5, 0.6) is 0 Å². The van der Waals surface area contributed by atoms with Crippen molar-refractivity contribution in [1.82, 2.24) is 0 Å². The molecule has 2 aromatic carbocycles. The molecule has 0 aromatic heterocycles. The normalized spacial score (nSPS) is 12.2. The molecule has 1 nitrogen and oxygen atoms in total. The molecule has 100 valence electrons. The lowest BCUT2D eigenvalue weighted by molar-refractivity contribution is 0.627. The Bertz CT molecular complexity index is 546. The molecule has 0 saturated carbocycles. The Hall–Kier alpha value is -1.83. The van der Waals surface area contributed by atoms with E-state index in [2.05, 4.69) is 36.5 Å². The molecule has 0 radical (unpaired) electrons. The van der Waals surface area contributed by atoms with Crippen LogP contribution in [0.1, 0.15) is 36.6 Å². The van der Waals surface area contributed by atoms with Crippen LogP contribution in [-0.4, -0.2) is 0 Å². The monoisotopic (exact) mass is 257 g/mol. The summed E-state index contributed by atoms with van der Waals surface area (Å²) in [6.45, 7) is 6.15. The lowest BCUT2D eigenvalue weighted by Crippen LogP contribution is -2.08. The van der Waals surface area contributed by atoms with Gasteiger partial charge in [0.1, 0.15) is 5.82 Å². The van der Waals surface area contributed by atoms with Gasteiger partial charge in [0.05, 0.1) is 5.69 Å². The highest BCUT2D eigenvalue weighted by molar-refractivity contribution is 5.49. The highest BCUT2D eigenvalue weighted by atomic mass is 19.1. The molecule has 1 atom stereocenters. The molecule has 1 N–H and O–H groups in total. The van der Waals surface area contributed by atoms with E-state index in [1.807, 2.05) is 19.9 Å². The summed E-state index contributed by atoms with van der Waals surface area (Å²) in [7, 11) is 0. The summed E-state index contributed by atoms with van der Waals surface area (Å²) in [5.74, 6) is -0.206. The third-order valence-electron chi connectivity index (χ3n) is 3.38. The Labute approximate surface area is 114 Å². The van der Waals surface area contributed by atoms with Crippen LogP contribution in [0.25, 0.3) is 0 Å². The number of hydrogen-bond donors (Lipinski definition) is 1. The Morgan fingerprint density at radius 1 is 1.11 bits per heavy atom. The van der Waals surface area contributed by atoms with Crippen molar-refractivity contribution in [1.29, 1.82) is 0 Å². The first kappa shape index (κ1) is 13.6. The second kappa shape index (κ2) is 5.87. The van der Waals surface area contributed by atoms with Gasteiger partial charge in [-0.2, -0.15) is 0 Å². The first-order valence-corrected chi connectivity index (χ1v) is 6.71. The van der Waals surface area contributed by atoms with Gasteiger partial charge in [-0.25, -0.2) is 4.39 Å². The van der Waals surface area contributed by atoms with Gasteiger partial charge in [-0.3, -0.25) is 0 Å². The number of benzene rings is 2. The zero-order chi connectivity index (χ0) is 13.8. The second-order valence-corrected chi connectivity index (χ2v) is 4.94. The van der Waals surface area contributed by atoms with Crippen LogP contribution in [0.15, 0.2) is 42.5 Å². The fourth-order valence-corrected chi connectivity index (χ4v) is 2.11. The smallest absolute Gasteiger partial charge is 0.146 e. The van der Waals surface area contributed by atoms with Crippen LogP contribution in [0.4, 0.5) is 10.1 Å². The van der Waals surface area contributed by atoms with Gasteiger partial charge in [-0.15, -0.1) is 0 Å². The van der Waals surface area contributed by atoms with Crippen molar-refractivity contribution >= 4 is 5.69 Å². The highest BCUT2D eigenvalue weighted by Crippen LogP contribution is 2.23. The summed E-state index contributed by atoms with van der Waals surface area (Å²) < 4.78 is 13.7. The van der Waals surface area contributed by atoms with Gasteiger partial charge < -0.3 is 5.32 Å². The number of halogens is 1. The molecule has 2 heteroatoms. The van der Waals surface area contributed by atoms with Crippen LogP contribution >= 0.6 is 0 Å². The summed E-state index contributed by atoms with van der Waals surface area (Å²) in [5, 5.41) is 3.23. The van der Waals surface area contributed by atoms with Crippen molar-refractivity contribution < 1.29 is 4.39 Å². The molecule has 0 fully saturated rings. The van der Waals surface area contributed by atoms with E-state index >= 15 is 0 Å². The first-order chi connectivity index (χ1) is 9.10. The predicted octanol–water partition coefficient (Wildman–Crippen LogP) is 4.87.